The van der Waals surface area contributed by atoms with Gasteiger partial charge in [0.25, 0.3) is 0 Å². The van der Waals surface area contributed by atoms with E-state index in [1.807, 2.05) is 24.3 Å². The van der Waals surface area contributed by atoms with Crippen LogP contribution in [0.2, 0.25) is 0 Å². The molecule has 0 aliphatic heterocycles. The van der Waals surface area contributed by atoms with Crippen LogP contribution in [-0.4, -0.2) is 47.4 Å². The zero-order valence-electron chi connectivity index (χ0n) is 12.0. The van der Waals surface area contributed by atoms with Crippen LogP contribution in [0.25, 0.3) is 0 Å². The first-order valence-electron chi connectivity index (χ1n) is 6.99. The molecule has 4 heteroatoms. The molecule has 1 unspecified atom stereocenters. The molecule has 1 rings (SSSR count). The third-order valence-electron chi connectivity index (χ3n) is 3.28. The van der Waals surface area contributed by atoms with Crippen LogP contribution in [0.1, 0.15) is 25.0 Å². The molecule has 0 radical (unpaired) electrons. The third-order valence-corrected chi connectivity index (χ3v) is 3.28. The lowest BCUT2D eigenvalue weighted by Gasteiger charge is -2.22. The molecule has 3 N–H and O–H groups in total. The Morgan fingerprint density at radius 1 is 1.11 bits per heavy atom. The fourth-order valence-electron chi connectivity index (χ4n) is 1.99. The molecular formula is C15H26N2O2. The molecule has 0 bridgehead atoms. The second-order valence-electron chi connectivity index (χ2n) is 4.75. The fraction of sp³-hybridized carbons (Fsp3) is 0.600. The van der Waals surface area contributed by atoms with Gasteiger partial charge in [0.1, 0.15) is 0 Å². The van der Waals surface area contributed by atoms with Crippen molar-refractivity contribution < 1.29 is 10.2 Å². The Balaban J connectivity index is 2.25. The molecule has 0 aromatic heterocycles. The highest BCUT2D eigenvalue weighted by atomic mass is 16.3. The molecule has 0 amide bonds. The van der Waals surface area contributed by atoms with Gasteiger partial charge in [-0.05, 0) is 24.2 Å². The van der Waals surface area contributed by atoms with Crippen molar-refractivity contribution in [2.24, 2.45) is 0 Å². The molecule has 1 aromatic rings. The lowest BCUT2D eigenvalue weighted by atomic mass is 10.1. The van der Waals surface area contributed by atoms with E-state index >= 15 is 0 Å². The van der Waals surface area contributed by atoms with E-state index in [4.69, 9.17) is 5.11 Å². The van der Waals surface area contributed by atoms with Crippen LogP contribution in [0.15, 0.2) is 24.3 Å². The Morgan fingerprint density at radius 3 is 2.21 bits per heavy atom. The van der Waals surface area contributed by atoms with Crippen LogP contribution >= 0.6 is 0 Å². The van der Waals surface area contributed by atoms with Crippen LogP contribution in [0.4, 0.5) is 0 Å². The van der Waals surface area contributed by atoms with Crippen molar-refractivity contribution in [3.8, 4) is 0 Å². The summed E-state index contributed by atoms with van der Waals surface area (Å²) in [5.41, 5.74) is 2.08. The summed E-state index contributed by atoms with van der Waals surface area (Å²) in [5.74, 6) is 0. The number of nitrogens with one attached hydrogen (secondary N) is 1. The van der Waals surface area contributed by atoms with Crippen molar-refractivity contribution in [1.29, 1.82) is 0 Å². The van der Waals surface area contributed by atoms with E-state index in [2.05, 4.69) is 24.1 Å². The summed E-state index contributed by atoms with van der Waals surface area (Å²) in [7, 11) is 0. The summed E-state index contributed by atoms with van der Waals surface area (Å²) in [5, 5.41) is 22.1. The number of aliphatic hydroxyl groups is 2. The van der Waals surface area contributed by atoms with E-state index in [1.165, 1.54) is 0 Å². The number of aliphatic hydroxyl groups excluding tert-OH is 2. The van der Waals surface area contributed by atoms with E-state index in [-0.39, 0.29) is 12.7 Å². The second kappa shape index (κ2) is 9.04. The van der Waals surface area contributed by atoms with Gasteiger partial charge in [0.2, 0.25) is 0 Å². The lowest BCUT2D eigenvalue weighted by molar-refractivity contribution is 0.116. The van der Waals surface area contributed by atoms with E-state index in [1.54, 1.807) is 0 Å². The van der Waals surface area contributed by atoms with Gasteiger partial charge in [0.15, 0.2) is 0 Å². The molecule has 108 valence electrons. The van der Waals surface area contributed by atoms with Crippen molar-refractivity contribution in [3.05, 3.63) is 35.4 Å². The molecule has 0 fully saturated rings. The molecule has 4 nitrogen and oxygen atoms in total. The number of hydrogen-bond donors (Lipinski definition) is 3. The summed E-state index contributed by atoms with van der Waals surface area (Å²) in [6, 6.07) is 7.83. The lowest BCUT2D eigenvalue weighted by Crippen LogP contribution is -2.38. The monoisotopic (exact) mass is 266 g/mol. The van der Waals surface area contributed by atoms with E-state index in [9.17, 15) is 5.11 Å². The van der Waals surface area contributed by atoms with Crippen molar-refractivity contribution in [3.63, 3.8) is 0 Å². The number of rotatable bonds is 9. The number of nitrogens with zero attached hydrogens (tertiary/aromatic N) is 1. The van der Waals surface area contributed by atoms with Crippen LogP contribution in [0.5, 0.6) is 0 Å². The summed E-state index contributed by atoms with van der Waals surface area (Å²) in [6.45, 7) is 8.27. The maximum absolute atomic E-state index is 9.90. The van der Waals surface area contributed by atoms with Gasteiger partial charge in [-0.2, -0.15) is 0 Å². The fourth-order valence-corrected chi connectivity index (χ4v) is 1.99. The quantitative estimate of drug-likeness (QED) is 0.623. The minimum absolute atomic E-state index is 0.0797. The standard InChI is InChI=1S/C15H26N2O2/c1-3-17(4-2)11-15(19)10-16-9-13-5-7-14(12-18)8-6-13/h5-8,15-16,18-19H,3-4,9-12H2,1-2H3. The van der Waals surface area contributed by atoms with Gasteiger partial charge in [-0.15, -0.1) is 0 Å². The molecule has 0 aliphatic rings. The average Bonchev–Trinajstić information content (AvgIpc) is 2.45. The highest BCUT2D eigenvalue weighted by molar-refractivity contribution is 5.21. The third kappa shape index (κ3) is 6.16. The second-order valence-corrected chi connectivity index (χ2v) is 4.75. The average molecular weight is 266 g/mol. The van der Waals surface area contributed by atoms with Crippen molar-refractivity contribution >= 4 is 0 Å². The molecule has 0 saturated heterocycles. The van der Waals surface area contributed by atoms with Crippen molar-refractivity contribution in [2.45, 2.75) is 33.1 Å². The molecule has 19 heavy (non-hydrogen) atoms. The molecule has 0 aliphatic carbocycles. The molecule has 1 aromatic carbocycles. The zero-order valence-corrected chi connectivity index (χ0v) is 12.0. The number of benzene rings is 1. The maximum Gasteiger partial charge on any atom is 0.0791 e. The molecule has 0 heterocycles. The molecular weight excluding hydrogens is 240 g/mol. The molecule has 0 saturated carbocycles. The SMILES string of the molecule is CCN(CC)CC(O)CNCc1ccc(CO)cc1. The van der Waals surface area contributed by atoms with Gasteiger partial charge in [0, 0.05) is 19.6 Å². The van der Waals surface area contributed by atoms with E-state index < -0.39 is 0 Å². The number of likely N-dealkylation sites (N-methyl/N-ethyl adjacent to an activating group) is 1. The van der Waals surface area contributed by atoms with Gasteiger partial charge in [0.05, 0.1) is 12.7 Å². The predicted molar refractivity (Wildman–Crippen MR) is 77.9 cm³/mol. The summed E-state index contributed by atoms with van der Waals surface area (Å²) < 4.78 is 0. The number of hydrogen-bond acceptors (Lipinski definition) is 4. The Kier molecular flexibility index (Phi) is 7.67. The Bertz CT molecular complexity index is 337. The van der Waals surface area contributed by atoms with Crippen LogP contribution in [-0.2, 0) is 13.2 Å². The maximum atomic E-state index is 9.90. The molecule has 0 spiro atoms. The normalized spacial score (nSPS) is 12.9. The highest BCUT2D eigenvalue weighted by Crippen LogP contribution is 2.04. The summed E-state index contributed by atoms with van der Waals surface area (Å²) in [4.78, 5) is 2.21. The predicted octanol–water partition coefficient (Wildman–Crippen LogP) is 0.971. The van der Waals surface area contributed by atoms with Crippen molar-refractivity contribution in [2.75, 3.05) is 26.2 Å². The minimum Gasteiger partial charge on any atom is -0.392 e. The first kappa shape index (κ1) is 16.1. The minimum atomic E-state index is -0.336. The molecule has 1 atom stereocenters. The van der Waals surface area contributed by atoms with Crippen LogP contribution in [0.3, 0.4) is 0 Å². The van der Waals surface area contributed by atoms with E-state index in [0.717, 1.165) is 30.8 Å². The van der Waals surface area contributed by atoms with E-state index in [0.29, 0.717) is 13.1 Å². The van der Waals surface area contributed by atoms with Gasteiger partial charge in [-0.25, -0.2) is 0 Å². The zero-order chi connectivity index (χ0) is 14.1. The first-order valence-corrected chi connectivity index (χ1v) is 6.99. The van der Waals surface area contributed by atoms with Crippen LogP contribution in [0, 0.1) is 0 Å². The summed E-state index contributed by atoms with van der Waals surface area (Å²) >= 11 is 0. The van der Waals surface area contributed by atoms with Gasteiger partial charge >= 0.3 is 0 Å². The Morgan fingerprint density at radius 2 is 1.68 bits per heavy atom. The summed E-state index contributed by atoms with van der Waals surface area (Å²) in [6.07, 6.45) is -0.336. The largest absolute Gasteiger partial charge is 0.392 e. The van der Waals surface area contributed by atoms with Gasteiger partial charge < -0.3 is 20.4 Å². The topological polar surface area (TPSA) is 55.7 Å². The highest BCUT2D eigenvalue weighted by Gasteiger charge is 2.08. The van der Waals surface area contributed by atoms with Crippen LogP contribution < -0.4 is 5.32 Å². The Hall–Kier alpha value is -0.940. The smallest absolute Gasteiger partial charge is 0.0791 e. The van der Waals surface area contributed by atoms with Gasteiger partial charge in [-0.1, -0.05) is 38.1 Å². The first-order chi connectivity index (χ1) is 9.19. The van der Waals surface area contributed by atoms with Gasteiger partial charge in [-0.3, -0.25) is 0 Å². The Labute approximate surface area is 116 Å². The van der Waals surface area contributed by atoms with Crippen molar-refractivity contribution in [1.82, 2.24) is 10.2 Å².